The van der Waals surface area contributed by atoms with Crippen molar-refractivity contribution in [3.8, 4) is 17.0 Å². The molecule has 2 aliphatic rings. The van der Waals surface area contributed by atoms with Crippen LogP contribution in [0.15, 0.2) is 36.4 Å². The van der Waals surface area contributed by atoms with Crippen molar-refractivity contribution in [3.63, 3.8) is 0 Å². The molecule has 0 atom stereocenters. The molecule has 30 heavy (non-hydrogen) atoms. The highest BCUT2D eigenvalue weighted by Crippen LogP contribution is 2.36. The summed E-state index contributed by atoms with van der Waals surface area (Å²) in [6.45, 7) is 9.05. The van der Waals surface area contributed by atoms with E-state index < -0.39 is 0 Å². The number of piperidine rings is 1. The maximum absolute atomic E-state index is 10.4. The van der Waals surface area contributed by atoms with Crippen LogP contribution in [0.3, 0.4) is 0 Å². The van der Waals surface area contributed by atoms with Crippen molar-refractivity contribution in [3.05, 3.63) is 42.0 Å². The fraction of sp³-hybridized carbons (Fsp3) is 0.520. The molecule has 4 rings (SSSR count). The van der Waals surface area contributed by atoms with Gasteiger partial charge in [-0.2, -0.15) is 0 Å². The van der Waals surface area contributed by atoms with Crippen LogP contribution in [0.2, 0.25) is 0 Å². The number of allylic oxidation sites excluding steroid dienone is 2. The fourth-order valence-electron chi connectivity index (χ4n) is 5.26. The van der Waals surface area contributed by atoms with Gasteiger partial charge in [-0.25, -0.2) is 0 Å². The van der Waals surface area contributed by atoms with Gasteiger partial charge in [-0.15, -0.1) is 10.2 Å². The van der Waals surface area contributed by atoms with Crippen LogP contribution in [0, 0.1) is 0 Å². The minimum atomic E-state index is 0.0786. The summed E-state index contributed by atoms with van der Waals surface area (Å²) in [5, 5.41) is 23.2. The summed E-state index contributed by atoms with van der Waals surface area (Å²) in [6.07, 6.45) is 7.83. The summed E-state index contributed by atoms with van der Waals surface area (Å²) < 4.78 is 0. The third-order valence-corrected chi connectivity index (χ3v) is 6.41. The first kappa shape index (κ1) is 20.9. The largest absolute Gasteiger partial charge is 0.507 e. The molecule has 1 aliphatic heterocycles. The Labute approximate surface area is 180 Å². The highest BCUT2D eigenvalue weighted by Gasteiger charge is 2.39. The van der Waals surface area contributed by atoms with Crippen LogP contribution >= 0.6 is 0 Å². The van der Waals surface area contributed by atoms with E-state index in [-0.39, 0.29) is 16.8 Å². The smallest absolute Gasteiger partial charge is 0.151 e. The first-order chi connectivity index (χ1) is 14.1. The minimum Gasteiger partial charge on any atom is -0.507 e. The van der Waals surface area contributed by atoms with E-state index in [1.807, 2.05) is 24.3 Å². The summed E-state index contributed by atoms with van der Waals surface area (Å²) in [7, 11) is 2.11. The first-order valence-electron chi connectivity index (χ1n) is 11.0. The molecule has 1 saturated heterocycles. The lowest BCUT2D eigenvalue weighted by Crippen LogP contribution is -2.62. The number of aromatic nitrogens is 2. The normalized spacial score (nSPS) is 20.8. The van der Waals surface area contributed by atoms with Crippen LogP contribution in [-0.4, -0.2) is 39.5 Å². The van der Waals surface area contributed by atoms with Crippen LogP contribution in [0.1, 0.15) is 65.4 Å². The fourth-order valence-corrected chi connectivity index (χ4v) is 5.26. The highest BCUT2D eigenvalue weighted by molar-refractivity contribution is 5.75. The summed E-state index contributed by atoms with van der Waals surface area (Å²) in [5.74, 6) is 1.11. The number of benzene rings is 1. The van der Waals surface area contributed by atoms with Gasteiger partial charge in [0.15, 0.2) is 5.82 Å². The van der Waals surface area contributed by atoms with E-state index in [0.717, 1.165) is 37.1 Å². The van der Waals surface area contributed by atoms with E-state index in [1.165, 1.54) is 17.6 Å². The lowest BCUT2D eigenvalue weighted by Gasteiger charge is -2.49. The van der Waals surface area contributed by atoms with Crippen LogP contribution in [0.4, 0.5) is 5.82 Å². The van der Waals surface area contributed by atoms with Gasteiger partial charge in [0.05, 0.1) is 5.69 Å². The molecule has 2 N–H and O–H groups in total. The number of anilines is 1. The zero-order chi connectivity index (χ0) is 21.5. The number of phenolic OH excluding ortho intramolecular Hbond substituents is 1. The molecule has 0 bridgehead atoms. The molecule has 5 heteroatoms. The summed E-state index contributed by atoms with van der Waals surface area (Å²) in [6, 6.07) is 10.2. The Morgan fingerprint density at radius 2 is 1.77 bits per heavy atom. The van der Waals surface area contributed by atoms with Gasteiger partial charge in [0.25, 0.3) is 0 Å². The van der Waals surface area contributed by atoms with E-state index in [0.29, 0.717) is 11.7 Å². The van der Waals surface area contributed by atoms with Gasteiger partial charge in [-0.3, -0.25) is 0 Å². The maximum atomic E-state index is 10.4. The molecule has 160 valence electrons. The number of hydrogen-bond acceptors (Lipinski definition) is 5. The van der Waals surface area contributed by atoms with Crippen LogP contribution < -0.4 is 10.2 Å². The van der Waals surface area contributed by atoms with E-state index in [1.54, 1.807) is 6.07 Å². The number of nitrogens with zero attached hydrogens (tertiary/aromatic N) is 3. The predicted octanol–water partition coefficient (Wildman–Crippen LogP) is 5.16. The van der Waals surface area contributed by atoms with Crippen LogP contribution in [0.5, 0.6) is 5.75 Å². The first-order valence-corrected chi connectivity index (χ1v) is 11.0. The van der Waals surface area contributed by atoms with Crippen molar-refractivity contribution < 1.29 is 5.11 Å². The van der Waals surface area contributed by atoms with Crippen molar-refractivity contribution in [2.24, 2.45) is 0 Å². The van der Waals surface area contributed by atoms with Crippen molar-refractivity contribution in [2.45, 2.75) is 76.9 Å². The molecule has 2 heterocycles. The lowest BCUT2D eigenvalue weighted by molar-refractivity contribution is 0.160. The Morgan fingerprint density at radius 1 is 1.03 bits per heavy atom. The minimum absolute atomic E-state index is 0.0786. The number of aromatic hydroxyl groups is 1. The average Bonchev–Trinajstić information content (AvgIpc) is 3.20. The third-order valence-electron chi connectivity index (χ3n) is 6.41. The molecule has 0 amide bonds. The Hall–Kier alpha value is -2.40. The van der Waals surface area contributed by atoms with Crippen molar-refractivity contribution in [2.75, 3.05) is 11.9 Å². The zero-order valence-electron chi connectivity index (χ0n) is 18.9. The summed E-state index contributed by atoms with van der Waals surface area (Å²) >= 11 is 0. The monoisotopic (exact) mass is 406 g/mol. The van der Waals surface area contributed by atoms with Gasteiger partial charge in [-0.05, 0) is 95.2 Å². The molecule has 5 nitrogen and oxygen atoms in total. The van der Waals surface area contributed by atoms with Gasteiger partial charge in [0.1, 0.15) is 5.75 Å². The van der Waals surface area contributed by atoms with Crippen molar-refractivity contribution in [1.29, 1.82) is 0 Å². The van der Waals surface area contributed by atoms with E-state index in [4.69, 9.17) is 0 Å². The number of phenols is 1. The molecule has 1 fully saturated rings. The van der Waals surface area contributed by atoms with E-state index >= 15 is 0 Å². The number of nitrogens with one attached hydrogen (secondary N) is 1. The Bertz CT molecular complexity index is 930. The quantitative estimate of drug-likeness (QED) is 0.734. The molecule has 0 spiro atoms. The van der Waals surface area contributed by atoms with Crippen LogP contribution in [0.25, 0.3) is 16.8 Å². The predicted molar refractivity (Wildman–Crippen MR) is 124 cm³/mol. The van der Waals surface area contributed by atoms with Gasteiger partial charge < -0.3 is 15.3 Å². The Kier molecular flexibility index (Phi) is 5.35. The second-order valence-electron chi connectivity index (χ2n) is 10.2. The molecular weight excluding hydrogens is 372 g/mol. The van der Waals surface area contributed by atoms with Crippen molar-refractivity contribution in [1.82, 2.24) is 15.5 Å². The molecular formula is C25H34N4O. The SMILES string of the molecule is CN(c1ccc(-c2cc(C3=CCCC3)ccc2O)nn1)C1CC(C)(C)NC(C)(C)C1. The highest BCUT2D eigenvalue weighted by atomic mass is 16.3. The second-order valence-corrected chi connectivity index (χ2v) is 10.2. The molecule has 1 aliphatic carbocycles. The van der Waals surface area contributed by atoms with E-state index in [9.17, 15) is 5.11 Å². The molecule has 2 aromatic rings. The van der Waals surface area contributed by atoms with Gasteiger partial charge >= 0.3 is 0 Å². The maximum Gasteiger partial charge on any atom is 0.151 e. The van der Waals surface area contributed by atoms with Gasteiger partial charge in [-0.1, -0.05) is 12.1 Å². The van der Waals surface area contributed by atoms with Crippen LogP contribution in [-0.2, 0) is 0 Å². The molecule has 0 radical (unpaired) electrons. The summed E-state index contributed by atoms with van der Waals surface area (Å²) in [4.78, 5) is 2.25. The lowest BCUT2D eigenvalue weighted by atomic mass is 9.79. The molecule has 1 aromatic carbocycles. The third kappa shape index (κ3) is 4.36. The average molecular weight is 407 g/mol. The topological polar surface area (TPSA) is 61.3 Å². The van der Waals surface area contributed by atoms with Gasteiger partial charge in [0, 0.05) is 29.7 Å². The Morgan fingerprint density at radius 3 is 2.37 bits per heavy atom. The molecule has 0 unspecified atom stereocenters. The zero-order valence-corrected chi connectivity index (χ0v) is 18.9. The number of rotatable bonds is 4. The van der Waals surface area contributed by atoms with E-state index in [2.05, 4.69) is 61.2 Å². The molecule has 1 aromatic heterocycles. The van der Waals surface area contributed by atoms with Crippen molar-refractivity contribution >= 4 is 11.4 Å². The Balaban J connectivity index is 1.57. The number of hydrogen-bond donors (Lipinski definition) is 2. The molecule has 0 saturated carbocycles. The summed E-state index contributed by atoms with van der Waals surface area (Å²) in [5.41, 5.74) is 4.13. The van der Waals surface area contributed by atoms with Gasteiger partial charge in [0.2, 0.25) is 0 Å². The standard InChI is InChI=1S/C25H34N4O/c1-24(2)15-19(16-25(3,4)28-24)29(5)23-13-11-21(26-27-23)20-14-18(10-12-22(20)30)17-8-6-7-9-17/h8,10-14,19,28,30H,6-7,9,15-16H2,1-5H3. The second kappa shape index (κ2) is 7.69.